The summed E-state index contributed by atoms with van der Waals surface area (Å²) < 4.78 is 4.38. The lowest BCUT2D eigenvalue weighted by molar-refractivity contribution is -0.144. The third-order valence-electron chi connectivity index (χ3n) is 0.656. The summed E-state index contributed by atoms with van der Waals surface area (Å²) in [6, 6.07) is 0. The SMILES string of the molecule is [AlH3].[CH2]COC(=O)CC(C)=O. The molecule has 1 radical (unpaired) electrons. The van der Waals surface area contributed by atoms with Gasteiger partial charge in [-0.25, -0.2) is 0 Å². The molecule has 0 rings (SSSR count). The van der Waals surface area contributed by atoms with Crippen LogP contribution < -0.4 is 0 Å². The molecule has 0 saturated carbocycles. The largest absolute Gasteiger partial charge is 0.465 e. The van der Waals surface area contributed by atoms with Crippen molar-refractivity contribution in [2.24, 2.45) is 0 Å². The Morgan fingerprint density at radius 2 is 2.00 bits per heavy atom. The van der Waals surface area contributed by atoms with Crippen molar-refractivity contribution in [3.05, 3.63) is 6.92 Å². The van der Waals surface area contributed by atoms with E-state index in [0.717, 1.165) is 0 Å². The molecule has 0 bridgehead atoms. The molecule has 0 aromatic rings. The molecule has 0 atom stereocenters. The predicted octanol–water partition coefficient (Wildman–Crippen LogP) is -0.841. The summed E-state index contributed by atoms with van der Waals surface area (Å²) in [4.78, 5) is 20.6. The van der Waals surface area contributed by atoms with Crippen LogP contribution >= 0.6 is 0 Å². The topological polar surface area (TPSA) is 43.4 Å². The van der Waals surface area contributed by atoms with E-state index in [1.165, 1.54) is 6.92 Å². The van der Waals surface area contributed by atoms with Gasteiger partial charge in [-0.15, -0.1) is 0 Å². The number of carbonyl (C=O) groups is 2. The van der Waals surface area contributed by atoms with Crippen LogP contribution in [0, 0.1) is 6.92 Å². The lowest BCUT2D eigenvalue weighted by Crippen LogP contribution is -2.08. The molecular weight excluding hydrogens is 147 g/mol. The maximum atomic E-state index is 10.4. The summed E-state index contributed by atoms with van der Waals surface area (Å²) in [6.45, 7) is 4.71. The van der Waals surface area contributed by atoms with E-state index in [2.05, 4.69) is 11.7 Å². The van der Waals surface area contributed by atoms with Crippen LogP contribution in [-0.2, 0) is 14.3 Å². The second kappa shape index (κ2) is 6.79. The molecule has 4 heteroatoms. The molecule has 0 aromatic carbocycles. The van der Waals surface area contributed by atoms with Crippen molar-refractivity contribution in [1.82, 2.24) is 0 Å². The molecule has 0 aliphatic carbocycles. The average molecular weight is 159 g/mol. The number of rotatable bonds is 3. The quantitative estimate of drug-likeness (QED) is 0.306. The number of hydrogen-bond donors (Lipinski definition) is 0. The van der Waals surface area contributed by atoms with Crippen LogP contribution in [-0.4, -0.2) is 35.7 Å². The highest BCUT2D eigenvalue weighted by Crippen LogP contribution is 1.85. The van der Waals surface area contributed by atoms with Gasteiger partial charge in [0.25, 0.3) is 0 Å². The minimum Gasteiger partial charge on any atom is -0.465 e. The van der Waals surface area contributed by atoms with Crippen LogP contribution in [0.1, 0.15) is 13.3 Å². The number of ketones is 1. The molecule has 10 heavy (non-hydrogen) atoms. The molecule has 0 amide bonds. The van der Waals surface area contributed by atoms with Crippen LogP contribution in [0.4, 0.5) is 0 Å². The fraction of sp³-hybridized carbons (Fsp3) is 0.500. The zero-order chi connectivity index (χ0) is 7.28. The summed E-state index contributed by atoms with van der Waals surface area (Å²) in [5.41, 5.74) is 0. The van der Waals surface area contributed by atoms with Gasteiger partial charge in [-0.3, -0.25) is 9.59 Å². The Balaban J connectivity index is 0. The number of Topliss-reactive ketones (excluding diaryl/α,β-unsaturated/α-hetero) is 1. The summed E-state index contributed by atoms with van der Waals surface area (Å²) in [5.74, 6) is -0.689. The first-order chi connectivity index (χ1) is 4.16. The van der Waals surface area contributed by atoms with Gasteiger partial charge in [-0.2, -0.15) is 0 Å². The summed E-state index contributed by atoms with van der Waals surface area (Å²) in [6.07, 6.45) is -0.143. The van der Waals surface area contributed by atoms with Crippen LogP contribution in [0.25, 0.3) is 0 Å². The Kier molecular flexibility index (Phi) is 8.39. The third kappa shape index (κ3) is 7.67. The van der Waals surface area contributed by atoms with Crippen molar-refractivity contribution in [1.29, 1.82) is 0 Å². The van der Waals surface area contributed by atoms with E-state index in [0.29, 0.717) is 0 Å². The van der Waals surface area contributed by atoms with E-state index >= 15 is 0 Å². The predicted molar refractivity (Wildman–Crippen MR) is 41.6 cm³/mol. The van der Waals surface area contributed by atoms with Crippen molar-refractivity contribution in [3.8, 4) is 0 Å². The van der Waals surface area contributed by atoms with Gasteiger partial charge in [0.1, 0.15) is 12.2 Å². The monoisotopic (exact) mass is 159 g/mol. The first kappa shape index (κ1) is 12.4. The fourth-order valence-electron chi connectivity index (χ4n) is 0.368. The summed E-state index contributed by atoms with van der Waals surface area (Å²) in [5, 5.41) is 0. The van der Waals surface area contributed by atoms with Crippen molar-refractivity contribution in [2.75, 3.05) is 6.61 Å². The standard InChI is InChI=1S/C6H9O3.Al.3H/c1-3-9-6(8)4-5(2)7;;;;/h1,3-4H2,2H3;;;;. The molecular formula is C6H12AlO3. The molecule has 0 fully saturated rings. The van der Waals surface area contributed by atoms with Crippen LogP contribution in [0.2, 0.25) is 0 Å². The number of esters is 1. The number of carbonyl (C=O) groups excluding carboxylic acids is 2. The van der Waals surface area contributed by atoms with E-state index in [4.69, 9.17) is 0 Å². The zero-order valence-electron chi connectivity index (χ0n) is 5.35. The lowest BCUT2D eigenvalue weighted by atomic mass is 10.3. The molecule has 0 unspecified atom stereocenters. The normalized spacial score (nSPS) is 7.80. The number of ether oxygens (including phenoxy) is 1. The summed E-state index contributed by atoms with van der Waals surface area (Å²) >= 11 is 0. The van der Waals surface area contributed by atoms with E-state index in [9.17, 15) is 9.59 Å². The first-order valence-corrected chi connectivity index (χ1v) is 2.61. The van der Waals surface area contributed by atoms with Gasteiger partial charge in [0.15, 0.2) is 17.4 Å². The maximum Gasteiger partial charge on any atom is 0.313 e. The minimum atomic E-state index is -0.502. The molecule has 0 aromatic heterocycles. The van der Waals surface area contributed by atoms with E-state index in [-0.39, 0.29) is 36.2 Å². The third-order valence-corrected chi connectivity index (χ3v) is 0.656. The van der Waals surface area contributed by atoms with Gasteiger partial charge in [0.05, 0.1) is 6.61 Å². The van der Waals surface area contributed by atoms with Crippen LogP contribution in [0.5, 0.6) is 0 Å². The first-order valence-electron chi connectivity index (χ1n) is 2.61. The molecule has 3 nitrogen and oxygen atoms in total. The van der Waals surface area contributed by atoms with Gasteiger partial charge in [0.2, 0.25) is 0 Å². The van der Waals surface area contributed by atoms with Crippen molar-refractivity contribution < 1.29 is 14.3 Å². The Bertz CT molecular complexity index is 122. The second-order valence-electron chi connectivity index (χ2n) is 1.60. The van der Waals surface area contributed by atoms with Crippen molar-refractivity contribution in [2.45, 2.75) is 13.3 Å². The lowest BCUT2D eigenvalue weighted by Gasteiger charge is -1.95. The smallest absolute Gasteiger partial charge is 0.313 e. The Morgan fingerprint density at radius 1 is 1.50 bits per heavy atom. The van der Waals surface area contributed by atoms with Gasteiger partial charge >= 0.3 is 5.97 Å². The highest BCUT2D eigenvalue weighted by atomic mass is 27.0. The molecule has 57 valence electrons. The second-order valence-corrected chi connectivity index (χ2v) is 1.60. The molecule has 0 heterocycles. The van der Waals surface area contributed by atoms with Crippen LogP contribution in [0.15, 0.2) is 0 Å². The zero-order valence-corrected chi connectivity index (χ0v) is 5.35. The Labute approximate surface area is 70.9 Å². The Morgan fingerprint density at radius 3 is 2.30 bits per heavy atom. The molecule has 0 saturated heterocycles. The fourth-order valence-corrected chi connectivity index (χ4v) is 0.368. The van der Waals surface area contributed by atoms with Crippen LogP contribution in [0.3, 0.4) is 0 Å². The molecule has 0 spiro atoms. The van der Waals surface area contributed by atoms with Crippen molar-refractivity contribution in [3.63, 3.8) is 0 Å². The van der Waals surface area contributed by atoms with Crippen molar-refractivity contribution >= 4 is 29.1 Å². The molecule has 0 aliphatic rings. The minimum absolute atomic E-state index is 0. The average Bonchev–Trinajstić information content (AvgIpc) is 1.63. The number of hydrogen-bond acceptors (Lipinski definition) is 3. The van der Waals surface area contributed by atoms with Gasteiger partial charge in [-0.05, 0) is 13.8 Å². The van der Waals surface area contributed by atoms with E-state index < -0.39 is 5.97 Å². The van der Waals surface area contributed by atoms with Gasteiger partial charge in [-0.1, -0.05) is 0 Å². The van der Waals surface area contributed by atoms with E-state index in [1.54, 1.807) is 0 Å². The van der Waals surface area contributed by atoms with Gasteiger partial charge < -0.3 is 4.74 Å². The van der Waals surface area contributed by atoms with Gasteiger partial charge in [0, 0.05) is 0 Å². The maximum absolute atomic E-state index is 10.4. The van der Waals surface area contributed by atoms with E-state index in [1.807, 2.05) is 0 Å². The Hall–Kier alpha value is -0.328. The summed E-state index contributed by atoms with van der Waals surface area (Å²) in [7, 11) is 0. The highest BCUT2D eigenvalue weighted by molar-refractivity contribution is 5.94. The highest BCUT2D eigenvalue weighted by Gasteiger charge is 2.03. The molecule has 0 aliphatic heterocycles. The molecule has 0 N–H and O–H groups in total.